The van der Waals surface area contributed by atoms with Gasteiger partial charge in [-0.05, 0) is 41.8 Å². The van der Waals surface area contributed by atoms with E-state index in [-0.39, 0.29) is 6.04 Å². The molecule has 24 heavy (non-hydrogen) atoms. The standard InChI is InChI=1S/C20H27NO3/c1-14(2)20(15-6-8-17(22-3)9-7-15)21-13-16-12-18(23-4)10-11-19(16)24-5/h6-12,14,20-21H,13H2,1-5H3. The maximum atomic E-state index is 5.46. The molecule has 0 saturated heterocycles. The zero-order valence-corrected chi connectivity index (χ0v) is 15.1. The summed E-state index contributed by atoms with van der Waals surface area (Å²) >= 11 is 0. The zero-order valence-electron chi connectivity index (χ0n) is 15.1. The van der Waals surface area contributed by atoms with Crippen LogP contribution in [-0.2, 0) is 6.54 Å². The van der Waals surface area contributed by atoms with E-state index in [0.29, 0.717) is 12.5 Å². The van der Waals surface area contributed by atoms with Crippen LogP contribution in [0.1, 0.15) is 31.0 Å². The lowest BCUT2D eigenvalue weighted by Gasteiger charge is -2.24. The van der Waals surface area contributed by atoms with E-state index in [9.17, 15) is 0 Å². The molecule has 0 aliphatic heterocycles. The molecular weight excluding hydrogens is 302 g/mol. The monoisotopic (exact) mass is 329 g/mol. The van der Waals surface area contributed by atoms with Crippen LogP contribution in [0.5, 0.6) is 17.2 Å². The molecule has 0 spiro atoms. The first-order chi connectivity index (χ1) is 11.6. The lowest BCUT2D eigenvalue weighted by atomic mass is 9.95. The summed E-state index contributed by atoms with van der Waals surface area (Å²) in [6, 6.07) is 14.3. The molecule has 4 heteroatoms. The van der Waals surface area contributed by atoms with Gasteiger partial charge in [0, 0.05) is 18.2 Å². The van der Waals surface area contributed by atoms with Crippen molar-refractivity contribution >= 4 is 0 Å². The highest BCUT2D eigenvalue weighted by Crippen LogP contribution is 2.27. The molecule has 2 rings (SSSR count). The van der Waals surface area contributed by atoms with Gasteiger partial charge < -0.3 is 19.5 Å². The number of ether oxygens (including phenoxy) is 3. The summed E-state index contributed by atoms with van der Waals surface area (Å²) in [7, 11) is 5.05. The van der Waals surface area contributed by atoms with Gasteiger partial charge in [0.1, 0.15) is 17.2 Å². The van der Waals surface area contributed by atoms with Gasteiger partial charge >= 0.3 is 0 Å². The van der Waals surface area contributed by atoms with Gasteiger partial charge in [-0.2, -0.15) is 0 Å². The Balaban J connectivity index is 2.16. The number of nitrogens with one attached hydrogen (secondary N) is 1. The SMILES string of the molecule is COc1ccc(C(NCc2cc(OC)ccc2OC)C(C)C)cc1. The van der Waals surface area contributed by atoms with Gasteiger partial charge in [-0.1, -0.05) is 26.0 Å². The predicted octanol–water partition coefficient (Wildman–Crippen LogP) is 4.20. The van der Waals surface area contributed by atoms with Crippen molar-refractivity contribution < 1.29 is 14.2 Å². The lowest BCUT2D eigenvalue weighted by Crippen LogP contribution is -2.25. The summed E-state index contributed by atoms with van der Waals surface area (Å²) in [5, 5.41) is 3.64. The van der Waals surface area contributed by atoms with Crippen LogP contribution in [0.2, 0.25) is 0 Å². The molecule has 130 valence electrons. The molecule has 0 aliphatic carbocycles. The van der Waals surface area contributed by atoms with Crippen LogP contribution in [0, 0.1) is 5.92 Å². The molecule has 0 saturated carbocycles. The number of hydrogen-bond donors (Lipinski definition) is 1. The minimum absolute atomic E-state index is 0.242. The van der Waals surface area contributed by atoms with Gasteiger partial charge in [-0.3, -0.25) is 0 Å². The van der Waals surface area contributed by atoms with Crippen molar-refractivity contribution in [2.75, 3.05) is 21.3 Å². The minimum Gasteiger partial charge on any atom is -0.497 e. The first kappa shape index (κ1) is 18.1. The quantitative estimate of drug-likeness (QED) is 0.788. The van der Waals surface area contributed by atoms with Gasteiger partial charge in [0.05, 0.1) is 21.3 Å². The topological polar surface area (TPSA) is 39.7 Å². The van der Waals surface area contributed by atoms with Crippen molar-refractivity contribution in [1.82, 2.24) is 5.32 Å². The van der Waals surface area contributed by atoms with Crippen LogP contribution in [0.4, 0.5) is 0 Å². The second-order valence-corrected chi connectivity index (χ2v) is 6.05. The van der Waals surface area contributed by atoms with Gasteiger partial charge in [0.15, 0.2) is 0 Å². The van der Waals surface area contributed by atoms with E-state index in [1.807, 2.05) is 30.3 Å². The summed E-state index contributed by atoms with van der Waals surface area (Å²) in [6.45, 7) is 5.13. The molecule has 0 fully saturated rings. The van der Waals surface area contributed by atoms with E-state index >= 15 is 0 Å². The van der Waals surface area contributed by atoms with Crippen LogP contribution in [0.15, 0.2) is 42.5 Å². The van der Waals surface area contributed by atoms with E-state index in [0.717, 1.165) is 22.8 Å². The van der Waals surface area contributed by atoms with Crippen LogP contribution < -0.4 is 19.5 Å². The highest BCUT2D eigenvalue weighted by Gasteiger charge is 2.16. The molecule has 1 unspecified atom stereocenters. The number of rotatable bonds is 8. The molecule has 0 amide bonds. The van der Waals surface area contributed by atoms with Crippen LogP contribution in [0.25, 0.3) is 0 Å². The van der Waals surface area contributed by atoms with Gasteiger partial charge in [0.25, 0.3) is 0 Å². The highest BCUT2D eigenvalue weighted by atomic mass is 16.5. The lowest BCUT2D eigenvalue weighted by molar-refractivity contribution is 0.382. The normalized spacial score (nSPS) is 12.1. The molecule has 4 nitrogen and oxygen atoms in total. The molecular formula is C20H27NO3. The Morgan fingerprint density at radius 3 is 2.00 bits per heavy atom. The molecule has 2 aromatic carbocycles. The Kier molecular flexibility index (Phi) is 6.50. The maximum absolute atomic E-state index is 5.46. The van der Waals surface area contributed by atoms with Crippen molar-refractivity contribution in [2.45, 2.75) is 26.4 Å². The largest absolute Gasteiger partial charge is 0.497 e. The molecule has 0 aromatic heterocycles. The van der Waals surface area contributed by atoms with E-state index in [1.54, 1.807) is 21.3 Å². The third kappa shape index (κ3) is 4.42. The molecule has 2 aromatic rings. The maximum Gasteiger partial charge on any atom is 0.123 e. The molecule has 0 radical (unpaired) electrons. The summed E-state index contributed by atoms with van der Waals surface area (Å²) in [4.78, 5) is 0. The van der Waals surface area contributed by atoms with Crippen molar-refractivity contribution in [2.24, 2.45) is 5.92 Å². The summed E-state index contributed by atoms with van der Waals surface area (Å²) in [5.74, 6) is 3.02. The first-order valence-electron chi connectivity index (χ1n) is 8.17. The highest BCUT2D eigenvalue weighted by molar-refractivity contribution is 5.40. The van der Waals surface area contributed by atoms with Crippen molar-refractivity contribution in [3.8, 4) is 17.2 Å². The smallest absolute Gasteiger partial charge is 0.123 e. The van der Waals surface area contributed by atoms with Crippen molar-refractivity contribution in [3.05, 3.63) is 53.6 Å². The molecule has 0 heterocycles. The molecule has 0 aliphatic rings. The number of benzene rings is 2. The Hall–Kier alpha value is -2.20. The zero-order chi connectivity index (χ0) is 17.5. The van der Waals surface area contributed by atoms with Gasteiger partial charge in [-0.25, -0.2) is 0 Å². The average molecular weight is 329 g/mol. The number of methoxy groups -OCH3 is 3. The second kappa shape index (κ2) is 8.60. The van der Waals surface area contributed by atoms with E-state index < -0.39 is 0 Å². The Morgan fingerprint density at radius 2 is 1.46 bits per heavy atom. The molecule has 1 atom stereocenters. The van der Waals surface area contributed by atoms with Crippen LogP contribution in [0.3, 0.4) is 0 Å². The third-order valence-electron chi connectivity index (χ3n) is 4.14. The van der Waals surface area contributed by atoms with E-state index in [1.165, 1.54) is 5.56 Å². The summed E-state index contributed by atoms with van der Waals surface area (Å²) in [5.41, 5.74) is 2.32. The van der Waals surface area contributed by atoms with E-state index in [2.05, 4.69) is 31.3 Å². The Morgan fingerprint density at radius 1 is 0.833 bits per heavy atom. The Bertz CT molecular complexity index is 638. The van der Waals surface area contributed by atoms with Crippen LogP contribution >= 0.6 is 0 Å². The van der Waals surface area contributed by atoms with Crippen LogP contribution in [-0.4, -0.2) is 21.3 Å². The van der Waals surface area contributed by atoms with Gasteiger partial charge in [0.2, 0.25) is 0 Å². The molecule has 1 N–H and O–H groups in total. The molecule has 0 bridgehead atoms. The summed E-state index contributed by atoms with van der Waals surface area (Å²) < 4.78 is 16.0. The van der Waals surface area contributed by atoms with Crippen molar-refractivity contribution in [1.29, 1.82) is 0 Å². The number of hydrogen-bond acceptors (Lipinski definition) is 4. The minimum atomic E-state index is 0.242. The van der Waals surface area contributed by atoms with Crippen molar-refractivity contribution in [3.63, 3.8) is 0 Å². The van der Waals surface area contributed by atoms with Gasteiger partial charge in [-0.15, -0.1) is 0 Å². The average Bonchev–Trinajstić information content (AvgIpc) is 2.62. The fourth-order valence-corrected chi connectivity index (χ4v) is 2.79. The summed E-state index contributed by atoms with van der Waals surface area (Å²) in [6.07, 6.45) is 0. The first-order valence-corrected chi connectivity index (χ1v) is 8.17. The predicted molar refractivity (Wildman–Crippen MR) is 97.0 cm³/mol. The fourth-order valence-electron chi connectivity index (χ4n) is 2.79. The Labute approximate surface area is 144 Å². The second-order valence-electron chi connectivity index (χ2n) is 6.05. The fraction of sp³-hybridized carbons (Fsp3) is 0.400. The third-order valence-corrected chi connectivity index (χ3v) is 4.14. The van der Waals surface area contributed by atoms with E-state index in [4.69, 9.17) is 14.2 Å².